The number of hydrogen-bond acceptors (Lipinski definition) is 5. The molecular formula is C14H18N4O2. The topological polar surface area (TPSA) is 80.0 Å². The van der Waals surface area contributed by atoms with Crippen molar-refractivity contribution in [2.75, 3.05) is 17.2 Å². The van der Waals surface area contributed by atoms with Crippen LogP contribution in [0.4, 0.5) is 11.8 Å². The first kappa shape index (κ1) is 14.0. The second kappa shape index (κ2) is 6.18. The summed E-state index contributed by atoms with van der Waals surface area (Å²) < 4.78 is 5.12. The fourth-order valence-corrected chi connectivity index (χ4v) is 1.75. The Bertz CT molecular complexity index is 607. The Kier molecular flexibility index (Phi) is 4.34. The molecule has 0 aliphatic heterocycles. The average Bonchev–Trinajstić information content (AvgIpc) is 2.84. The van der Waals surface area contributed by atoms with Crippen molar-refractivity contribution in [2.24, 2.45) is 0 Å². The number of nitrogens with one attached hydrogen (secondary N) is 2. The van der Waals surface area contributed by atoms with Gasteiger partial charge in [0.1, 0.15) is 12.1 Å². The van der Waals surface area contributed by atoms with Crippen LogP contribution in [-0.2, 0) is 6.42 Å². The molecule has 0 aromatic carbocycles. The van der Waals surface area contributed by atoms with E-state index in [1.165, 1.54) is 6.26 Å². The highest BCUT2D eigenvalue weighted by molar-refractivity contribution is 6.03. The number of pyridine rings is 1. The second-order valence-corrected chi connectivity index (χ2v) is 4.36. The van der Waals surface area contributed by atoms with Crippen LogP contribution in [0.1, 0.15) is 35.6 Å². The Morgan fingerprint density at radius 2 is 2.10 bits per heavy atom. The third-order valence-corrected chi connectivity index (χ3v) is 2.70. The van der Waals surface area contributed by atoms with Crippen LogP contribution in [0.2, 0.25) is 0 Å². The van der Waals surface area contributed by atoms with E-state index in [-0.39, 0.29) is 11.9 Å². The monoisotopic (exact) mass is 274 g/mol. The molecule has 0 saturated carbocycles. The molecule has 0 atom stereocenters. The van der Waals surface area contributed by atoms with Gasteiger partial charge >= 0.3 is 6.01 Å². The lowest BCUT2D eigenvalue weighted by Crippen LogP contribution is -2.14. The van der Waals surface area contributed by atoms with Crippen LogP contribution in [0.3, 0.4) is 0 Å². The van der Waals surface area contributed by atoms with Crippen molar-refractivity contribution in [3.8, 4) is 0 Å². The highest BCUT2D eigenvalue weighted by Gasteiger charge is 2.12. The van der Waals surface area contributed by atoms with E-state index in [1.807, 2.05) is 13.8 Å². The van der Waals surface area contributed by atoms with Crippen molar-refractivity contribution in [3.05, 3.63) is 35.3 Å². The molecule has 0 fully saturated rings. The summed E-state index contributed by atoms with van der Waals surface area (Å²) in [5.74, 6) is 0.434. The van der Waals surface area contributed by atoms with Gasteiger partial charge in [-0.3, -0.25) is 10.1 Å². The SMILES string of the molecule is CCNc1cc(C(=O)Nc2nc(C)co2)cc(CC)n1. The van der Waals surface area contributed by atoms with Gasteiger partial charge in [0.25, 0.3) is 5.91 Å². The maximum absolute atomic E-state index is 12.2. The fraction of sp³-hybridized carbons (Fsp3) is 0.357. The highest BCUT2D eigenvalue weighted by Crippen LogP contribution is 2.14. The highest BCUT2D eigenvalue weighted by atomic mass is 16.4. The number of amides is 1. The number of anilines is 2. The molecule has 0 unspecified atom stereocenters. The molecular weight excluding hydrogens is 256 g/mol. The largest absolute Gasteiger partial charge is 0.432 e. The van der Waals surface area contributed by atoms with E-state index in [0.29, 0.717) is 11.4 Å². The summed E-state index contributed by atoms with van der Waals surface area (Å²) in [5, 5.41) is 5.74. The van der Waals surface area contributed by atoms with Crippen LogP contribution in [0, 0.1) is 6.92 Å². The van der Waals surface area contributed by atoms with E-state index in [1.54, 1.807) is 19.1 Å². The smallest absolute Gasteiger partial charge is 0.301 e. The lowest BCUT2D eigenvalue weighted by Gasteiger charge is -2.08. The van der Waals surface area contributed by atoms with Crippen LogP contribution in [0.5, 0.6) is 0 Å². The van der Waals surface area contributed by atoms with E-state index < -0.39 is 0 Å². The van der Waals surface area contributed by atoms with Crippen LogP contribution in [0.15, 0.2) is 22.8 Å². The van der Waals surface area contributed by atoms with Crippen LogP contribution in [0.25, 0.3) is 0 Å². The van der Waals surface area contributed by atoms with Gasteiger partial charge in [0.2, 0.25) is 0 Å². The number of carbonyl (C=O) groups excluding carboxylic acids is 1. The summed E-state index contributed by atoms with van der Waals surface area (Å²) in [6, 6.07) is 3.69. The van der Waals surface area contributed by atoms with Crippen LogP contribution in [-0.4, -0.2) is 22.4 Å². The third kappa shape index (κ3) is 3.34. The number of aryl methyl sites for hydroxylation is 2. The summed E-state index contributed by atoms with van der Waals surface area (Å²) >= 11 is 0. The number of hydrogen-bond donors (Lipinski definition) is 2. The first-order valence-corrected chi connectivity index (χ1v) is 6.60. The van der Waals surface area contributed by atoms with Crippen molar-refractivity contribution in [2.45, 2.75) is 27.2 Å². The van der Waals surface area contributed by atoms with Gasteiger partial charge in [-0.1, -0.05) is 6.92 Å². The van der Waals surface area contributed by atoms with E-state index in [2.05, 4.69) is 20.6 Å². The molecule has 0 saturated heterocycles. The van der Waals surface area contributed by atoms with Crippen LogP contribution < -0.4 is 10.6 Å². The van der Waals surface area contributed by atoms with Gasteiger partial charge < -0.3 is 9.73 Å². The Balaban J connectivity index is 2.21. The number of rotatable bonds is 5. The lowest BCUT2D eigenvalue weighted by molar-refractivity contribution is 0.102. The maximum atomic E-state index is 12.2. The number of carbonyl (C=O) groups is 1. The van der Waals surface area contributed by atoms with Gasteiger partial charge in [-0.05, 0) is 32.4 Å². The Hall–Kier alpha value is -2.37. The quantitative estimate of drug-likeness (QED) is 0.876. The molecule has 0 aliphatic carbocycles. The maximum Gasteiger partial charge on any atom is 0.301 e. The Morgan fingerprint density at radius 1 is 1.30 bits per heavy atom. The van der Waals surface area contributed by atoms with E-state index in [9.17, 15) is 4.79 Å². The standard InChI is InChI=1S/C14H18N4O2/c1-4-11-6-10(7-12(17-11)15-5-2)13(19)18-14-16-9(3)8-20-14/h6-8H,4-5H2,1-3H3,(H,15,17)(H,16,18,19). The summed E-state index contributed by atoms with van der Waals surface area (Å²) in [6.07, 6.45) is 2.25. The third-order valence-electron chi connectivity index (χ3n) is 2.70. The van der Waals surface area contributed by atoms with Gasteiger partial charge in [0, 0.05) is 17.8 Å². The van der Waals surface area contributed by atoms with Gasteiger partial charge in [-0.15, -0.1) is 0 Å². The summed E-state index contributed by atoms with van der Waals surface area (Å²) in [4.78, 5) is 20.6. The lowest BCUT2D eigenvalue weighted by atomic mass is 10.2. The first-order valence-electron chi connectivity index (χ1n) is 6.60. The molecule has 1 amide bonds. The molecule has 106 valence electrons. The molecule has 0 spiro atoms. The summed E-state index contributed by atoms with van der Waals surface area (Å²) in [6.45, 7) is 6.52. The molecule has 2 aromatic heterocycles. The minimum atomic E-state index is -0.261. The molecule has 2 N–H and O–H groups in total. The first-order chi connectivity index (χ1) is 9.62. The Morgan fingerprint density at radius 3 is 2.70 bits per heavy atom. The zero-order chi connectivity index (χ0) is 14.5. The van der Waals surface area contributed by atoms with Gasteiger partial charge in [-0.2, -0.15) is 4.98 Å². The van der Waals surface area contributed by atoms with Crippen molar-refractivity contribution < 1.29 is 9.21 Å². The molecule has 20 heavy (non-hydrogen) atoms. The summed E-state index contributed by atoms with van der Waals surface area (Å²) in [7, 11) is 0. The van der Waals surface area contributed by atoms with Gasteiger partial charge in [0.15, 0.2) is 0 Å². The predicted molar refractivity (Wildman–Crippen MR) is 77.0 cm³/mol. The molecule has 2 rings (SSSR count). The number of nitrogens with zero attached hydrogens (tertiary/aromatic N) is 2. The van der Waals surface area contributed by atoms with Crippen molar-refractivity contribution in [1.82, 2.24) is 9.97 Å². The molecule has 6 nitrogen and oxygen atoms in total. The van der Waals surface area contributed by atoms with Crippen molar-refractivity contribution in [1.29, 1.82) is 0 Å². The molecule has 0 aliphatic rings. The Labute approximate surface area is 117 Å². The van der Waals surface area contributed by atoms with E-state index >= 15 is 0 Å². The normalized spacial score (nSPS) is 10.3. The zero-order valence-electron chi connectivity index (χ0n) is 11.9. The molecule has 2 aromatic rings. The van der Waals surface area contributed by atoms with Crippen molar-refractivity contribution in [3.63, 3.8) is 0 Å². The molecule has 6 heteroatoms. The summed E-state index contributed by atoms with van der Waals surface area (Å²) in [5.41, 5.74) is 2.11. The molecule has 2 heterocycles. The van der Waals surface area contributed by atoms with Gasteiger partial charge in [0.05, 0.1) is 5.69 Å². The van der Waals surface area contributed by atoms with E-state index in [4.69, 9.17) is 4.42 Å². The second-order valence-electron chi connectivity index (χ2n) is 4.36. The predicted octanol–water partition coefficient (Wildman–Crippen LogP) is 2.62. The van der Waals surface area contributed by atoms with Crippen LogP contribution >= 0.6 is 0 Å². The van der Waals surface area contributed by atoms with E-state index in [0.717, 1.165) is 24.4 Å². The minimum Gasteiger partial charge on any atom is -0.432 e. The molecule has 0 radical (unpaired) electrons. The number of aromatic nitrogens is 2. The van der Waals surface area contributed by atoms with Crippen molar-refractivity contribution >= 4 is 17.7 Å². The number of oxazole rings is 1. The average molecular weight is 274 g/mol. The molecule has 0 bridgehead atoms. The minimum absolute atomic E-state index is 0.201. The zero-order valence-corrected chi connectivity index (χ0v) is 11.9. The van der Waals surface area contributed by atoms with Gasteiger partial charge in [-0.25, -0.2) is 4.98 Å². The fourth-order valence-electron chi connectivity index (χ4n) is 1.75.